The number of nitrogens with one attached hydrogen (secondary N) is 1. The Bertz CT molecular complexity index is 583. The molecular weight excluding hydrogens is 286 g/mol. The molecule has 0 aliphatic heterocycles. The van der Waals surface area contributed by atoms with Gasteiger partial charge in [-0.3, -0.25) is 0 Å². The molecule has 2 aromatic carbocycles. The second-order valence-corrected chi connectivity index (χ2v) is 5.72. The maximum atomic E-state index is 5.55. The van der Waals surface area contributed by atoms with Crippen molar-refractivity contribution < 1.29 is 9.47 Å². The quantitative estimate of drug-likeness (QED) is 0.752. The number of rotatable bonds is 9. The van der Waals surface area contributed by atoms with Crippen molar-refractivity contribution in [1.29, 1.82) is 0 Å². The summed E-state index contributed by atoms with van der Waals surface area (Å²) in [6.07, 6.45) is 2.22. The average Bonchev–Trinajstić information content (AvgIpc) is 2.60. The van der Waals surface area contributed by atoms with Gasteiger partial charge in [0.1, 0.15) is 0 Å². The van der Waals surface area contributed by atoms with Crippen molar-refractivity contribution >= 4 is 0 Å². The van der Waals surface area contributed by atoms with Crippen molar-refractivity contribution in [3.63, 3.8) is 0 Å². The number of hydrogen-bond acceptors (Lipinski definition) is 3. The smallest absolute Gasteiger partial charge is 0.161 e. The zero-order chi connectivity index (χ0) is 16.5. The van der Waals surface area contributed by atoms with Gasteiger partial charge < -0.3 is 14.8 Å². The first-order valence-electron chi connectivity index (χ1n) is 8.30. The molecule has 0 saturated heterocycles. The molecule has 3 nitrogen and oxygen atoms in total. The fourth-order valence-electron chi connectivity index (χ4n) is 2.52. The monoisotopic (exact) mass is 313 g/mol. The Labute approximate surface area is 139 Å². The first-order valence-corrected chi connectivity index (χ1v) is 8.30. The maximum absolute atomic E-state index is 5.55. The minimum absolute atomic E-state index is 0.466. The molecule has 23 heavy (non-hydrogen) atoms. The van der Waals surface area contributed by atoms with Crippen LogP contribution in [0, 0.1) is 0 Å². The van der Waals surface area contributed by atoms with Gasteiger partial charge in [-0.25, -0.2) is 0 Å². The zero-order valence-corrected chi connectivity index (χ0v) is 14.3. The van der Waals surface area contributed by atoms with Crippen molar-refractivity contribution in [2.45, 2.75) is 39.3 Å². The lowest BCUT2D eigenvalue weighted by molar-refractivity contribution is 0.310. The fourth-order valence-corrected chi connectivity index (χ4v) is 2.52. The van der Waals surface area contributed by atoms with Crippen molar-refractivity contribution in [3.8, 4) is 11.5 Å². The molecule has 0 fully saturated rings. The highest BCUT2D eigenvalue weighted by Gasteiger charge is 2.07. The maximum Gasteiger partial charge on any atom is 0.161 e. The van der Waals surface area contributed by atoms with Crippen LogP contribution >= 0.6 is 0 Å². The summed E-state index contributed by atoms with van der Waals surface area (Å²) in [5, 5.41) is 3.58. The minimum atomic E-state index is 0.466. The van der Waals surface area contributed by atoms with E-state index in [1.807, 2.05) is 19.1 Å². The Morgan fingerprint density at radius 1 is 1.00 bits per heavy atom. The van der Waals surface area contributed by atoms with E-state index in [1.54, 1.807) is 7.11 Å². The number of hydrogen-bond donors (Lipinski definition) is 1. The number of ether oxygens (including phenoxy) is 2. The predicted molar refractivity (Wildman–Crippen MR) is 95.2 cm³/mol. The lowest BCUT2D eigenvalue weighted by Crippen LogP contribution is -2.26. The highest BCUT2D eigenvalue weighted by molar-refractivity contribution is 5.42. The van der Waals surface area contributed by atoms with E-state index in [4.69, 9.17) is 9.47 Å². The molecule has 0 bridgehead atoms. The zero-order valence-electron chi connectivity index (χ0n) is 14.3. The van der Waals surface area contributed by atoms with Crippen molar-refractivity contribution in [1.82, 2.24) is 5.32 Å². The van der Waals surface area contributed by atoms with Crippen LogP contribution in [0.1, 0.15) is 31.4 Å². The van der Waals surface area contributed by atoms with Crippen LogP contribution in [0.2, 0.25) is 0 Å². The normalized spacial score (nSPS) is 12.0. The van der Waals surface area contributed by atoms with Gasteiger partial charge in [-0.15, -0.1) is 0 Å². The molecule has 1 atom stereocenters. The molecule has 0 aromatic heterocycles. The number of methoxy groups -OCH3 is 1. The number of aryl methyl sites for hydroxylation is 1. The van der Waals surface area contributed by atoms with Gasteiger partial charge in [-0.1, -0.05) is 36.4 Å². The average molecular weight is 313 g/mol. The van der Waals surface area contributed by atoms with E-state index in [0.717, 1.165) is 30.9 Å². The predicted octanol–water partition coefficient (Wildman–Crippen LogP) is 4.20. The van der Waals surface area contributed by atoms with Crippen molar-refractivity contribution in [2.75, 3.05) is 13.7 Å². The van der Waals surface area contributed by atoms with E-state index >= 15 is 0 Å². The SMILES string of the molecule is CCOc1ccc(CN[C@H](C)CCc2ccccc2)cc1OC. The standard InChI is InChI=1S/C20H27NO2/c1-4-23-19-13-12-18(14-20(19)22-3)15-21-16(2)10-11-17-8-6-5-7-9-17/h5-9,12-14,16,21H,4,10-11,15H2,1-3H3/t16-/m1/s1. The summed E-state index contributed by atoms with van der Waals surface area (Å²) in [5.41, 5.74) is 2.60. The van der Waals surface area contributed by atoms with Gasteiger partial charge in [-0.05, 0) is 49.9 Å². The highest BCUT2D eigenvalue weighted by atomic mass is 16.5. The molecule has 0 unspecified atom stereocenters. The van der Waals surface area contributed by atoms with E-state index in [-0.39, 0.29) is 0 Å². The largest absolute Gasteiger partial charge is 0.493 e. The van der Waals surface area contributed by atoms with Gasteiger partial charge in [0.2, 0.25) is 0 Å². The number of benzene rings is 2. The Balaban J connectivity index is 1.82. The van der Waals surface area contributed by atoms with Crippen LogP contribution in [0.5, 0.6) is 11.5 Å². The Morgan fingerprint density at radius 2 is 1.78 bits per heavy atom. The van der Waals surface area contributed by atoms with Crippen LogP contribution in [0.15, 0.2) is 48.5 Å². The van der Waals surface area contributed by atoms with Gasteiger partial charge in [-0.2, -0.15) is 0 Å². The van der Waals surface area contributed by atoms with E-state index in [2.05, 4.69) is 48.6 Å². The molecule has 0 saturated carbocycles. The lowest BCUT2D eigenvalue weighted by Gasteiger charge is -2.15. The Morgan fingerprint density at radius 3 is 2.48 bits per heavy atom. The molecule has 1 N–H and O–H groups in total. The second kappa shape index (κ2) is 9.21. The van der Waals surface area contributed by atoms with E-state index in [9.17, 15) is 0 Å². The van der Waals surface area contributed by atoms with Crippen LogP contribution in [0.25, 0.3) is 0 Å². The molecule has 124 valence electrons. The van der Waals surface area contributed by atoms with E-state index in [0.29, 0.717) is 12.6 Å². The van der Waals surface area contributed by atoms with Gasteiger partial charge in [0.05, 0.1) is 13.7 Å². The summed E-state index contributed by atoms with van der Waals surface area (Å²) in [7, 11) is 1.68. The van der Waals surface area contributed by atoms with E-state index in [1.165, 1.54) is 11.1 Å². The van der Waals surface area contributed by atoms with Crippen LogP contribution in [0.3, 0.4) is 0 Å². The second-order valence-electron chi connectivity index (χ2n) is 5.72. The van der Waals surface area contributed by atoms with E-state index < -0.39 is 0 Å². The molecular formula is C20H27NO2. The minimum Gasteiger partial charge on any atom is -0.493 e. The summed E-state index contributed by atoms with van der Waals surface area (Å²) < 4.78 is 10.9. The summed E-state index contributed by atoms with van der Waals surface area (Å²) in [6, 6.07) is 17.2. The van der Waals surface area contributed by atoms with Crippen LogP contribution in [0.4, 0.5) is 0 Å². The Hall–Kier alpha value is -2.00. The third-order valence-corrected chi connectivity index (χ3v) is 3.89. The first kappa shape index (κ1) is 17.4. The molecule has 0 radical (unpaired) electrons. The summed E-state index contributed by atoms with van der Waals surface area (Å²) >= 11 is 0. The molecule has 3 heteroatoms. The molecule has 2 aromatic rings. The highest BCUT2D eigenvalue weighted by Crippen LogP contribution is 2.28. The van der Waals surface area contributed by atoms with Crippen LogP contribution < -0.4 is 14.8 Å². The first-order chi connectivity index (χ1) is 11.2. The van der Waals surface area contributed by atoms with Gasteiger partial charge in [0.15, 0.2) is 11.5 Å². The summed E-state index contributed by atoms with van der Waals surface area (Å²) in [6.45, 7) is 5.68. The van der Waals surface area contributed by atoms with Crippen molar-refractivity contribution in [2.24, 2.45) is 0 Å². The summed E-state index contributed by atoms with van der Waals surface area (Å²) in [4.78, 5) is 0. The summed E-state index contributed by atoms with van der Waals surface area (Å²) in [5.74, 6) is 1.60. The molecule has 0 heterocycles. The van der Waals surface area contributed by atoms with Gasteiger partial charge in [0, 0.05) is 12.6 Å². The third kappa shape index (κ3) is 5.61. The van der Waals surface area contributed by atoms with Crippen LogP contribution in [-0.2, 0) is 13.0 Å². The molecule has 0 spiro atoms. The molecule has 0 aliphatic carbocycles. The lowest BCUT2D eigenvalue weighted by atomic mass is 10.1. The van der Waals surface area contributed by atoms with Gasteiger partial charge >= 0.3 is 0 Å². The molecule has 0 amide bonds. The molecule has 2 rings (SSSR count). The van der Waals surface area contributed by atoms with Gasteiger partial charge in [0.25, 0.3) is 0 Å². The van der Waals surface area contributed by atoms with Crippen LogP contribution in [-0.4, -0.2) is 19.8 Å². The van der Waals surface area contributed by atoms with Crippen molar-refractivity contribution in [3.05, 3.63) is 59.7 Å². The third-order valence-electron chi connectivity index (χ3n) is 3.89. The fraction of sp³-hybridized carbons (Fsp3) is 0.400. The molecule has 0 aliphatic rings. The topological polar surface area (TPSA) is 30.5 Å². The Kier molecular flexibility index (Phi) is 6.95.